The van der Waals surface area contributed by atoms with E-state index in [0.717, 1.165) is 6.04 Å². The van der Waals surface area contributed by atoms with Crippen LogP contribution in [0.5, 0.6) is 0 Å². The van der Waals surface area contributed by atoms with Crippen molar-refractivity contribution in [1.29, 1.82) is 0 Å². The van der Waals surface area contributed by atoms with Crippen LogP contribution in [0.4, 0.5) is 0 Å². The predicted octanol–water partition coefficient (Wildman–Crippen LogP) is 4.90. The summed E-state index contributed by atoms with van der Waals surface area (Å²) < 4.78 is 5.40. The summed E-state index contributed by atoms with van der Waals surface area (Å²) in [6.07, 6.45) is 10.7. The van der Waals surface area contributed by atoms with Gasteiger partial charge in [0, 0.05) is 6.92 Å². The SMILES string of the molecule is CCCCCCCCCC[Si](C)(C)OC(C)=O. The van der Waals surface area contributed by atoms with Crippen LogP contribution in [0.2, 0.25) is 19.1 Å². The summed E-state index contributed by atoms with van der Waals surface area (Å²) in [4.78, 5) is 10.9. The van der Waals surface area contributed by atoms with E-state index in [-0.39, 0.29) is 5.97 Å². The fourth-order valence-corrected chi connectivity index (χ4v) is 4.11. The van der Waals surface area contributed by atoms with Crippen molar-refractivity contribution in [2.45, 2.75) is 84.4 Å². The van der Waals surface area contributed by atoms with Crippen molar-refractivity contribution in [1.82, 2.24) is 0 Å². The molecule has 0 aliphatic heterocycles. The van der Waals surface area contributed by atoms with E-state index in [0.29, 0.717) is 0 Å². The van der Waals surface area contributed by atoms with E-state index in [1.54, 1.807) is 0 Å². The van der Waals surface area contributed by atoms with Gasteiger partial charge < -0.3 is 4.43 Å². The standard InChI is InChI=1S/C14H30O2Si/c1-5-6-7-8-9-10-11-12-13-17(3,4)16-14(2)15/h5-13H2,1-4H3. The Bertz CT molecular complexity index is 202. The maximum atomic E-state index is 10.9. The van der Waals surface area contributed by atoms with Crippen LogP contribution in [0.1, 0.15) is 65.2 Å². The van der Waals surface area contributed by atoms with Gasteiger partial charge in [-0.05, 0) is 19.1 Å². The summed E-state index contributed by atoms with van der Waals surface area (Å²) in [5, 5.41) is 0. The maximum absolute atomic E-state index is 10.9. The topological polar surface area (TPSA) is 26.3 Å². The van der Waals surface area contributed by atoms with Crippen LogP contribution in [0.25, 0.3) is 0 Å². The van der Waals surface area contributed by atoms with E-state index in [2.05, 4.69) is 20.0 Å². The van der Waals surface area contributed by atoms with Gasteiger partial charge >= 0.3 is 0 Å². The zero-order valence-corrected chi connectivity index (χ0v) is 13.2. The summed E-state index contributed by atoms with van der Waals surface area (Å²) in [5.41, 5.74) is 0. The molecule has 0 aromatic rings. The van der Waals surface area contributed by atoms with Crippen molar-refractivity contribution in [2.75, 3.05) is 0 Å². The Labute approximate surface area is 108 Å². The van der Waals surface area contributed by atoms with E-state index in [4.69, 9.17) is 4.43 Å². The zero-order chi connectivity index (χ0) is 13.1. The molecule has 0 fully saturated rings. The van der Waals surface area contributed by atoms with Crippen molar-refractivity contribution in [3.05, 3.63) is 0 Å². The van der Waals surface area contributed by atoms with Crippen molar-refractivity contribution in [2.24, 2.45) is 0 Å². The molecule has 0 radical (unpaired) electrons. The zero-order valence-electron chi connectivity index (χ0n) is 12.2. The smallest absolute Gasteiger partial charge is 0.289 e. The molecule has 0 rings (SSSR count). The quantitative estimate of drug-likeness (QED) is 0.412. The largest absolute Gasteiger partial charge is 0.520 e. The number of unbranched alkanes of at least 4 members (excludes halogenated alkanes) is 7. The van der Waals surface area contributed by atoms with Gasteiger partial charge in [0.2, 0.25) is 8.32 Å². The maximum Gasteiger partial charge on any atom is 0.289 e. The lowest BCUT2D eigenvalue weighted by atomic mass is 10.1. The minimum Gasteiger partial charge on any atom is -0.520 e. The molecule has 0 aromatic carbocycles. The molecule has 0 spiro atoms. The second-order valence-electron chi connectivity index (χ2n) is 5.58. The number of rotatable bonds is 10. The lowest BCUT2D eigenvalue weighted by Gasteiger charge is -2.21. The Kier molecular flexibility index (Phi) is 9.51. The Morgan fingerprint density at radius 3 is 1.88 bits per heavy atom. The Morgan fingerprint density at radius 2 is 1.41 bits per heavy atom. The Balaban J connectivity index is 3.35. The number of carbonyl (C=O) groups is 1. The van der Waals surface area contributed by atoms with Crippen molar-refractivity contribution >= 4 is 14.3 Å². The molecule has 0 aromatic heterocycles. The molecular formula is C14H30O2Si. The van der Waals surface area contributed by atoms with Crippen LogP contribution in [0.15, 0.2) is 0 Å². The normalized spacial score (nSPS) is 11.5. The molecule has 0 atom stereocenters. The van der Waals surface area contributed by atoms with Crippen molar-refractivity contribution < 1.29 is 9.22 Å². The van der Waals surface area contributed by atoms with E-state index in [1.165, 1.54) is 58.3 Å². The Morgan fingerprint density at radius 1 is 0.941 bits per heavy atom. The number of hydrogen-bond acceptors (Lipinski definition) is 2. The summed E-state index contributed by atoms with van der Waals surface area (Å²) >= 11 is 0. The minimum absolute atomic E-state index is 0.110. The van der Waals surface area contributed by atoms with Crippen LogP contribution in [-0.2, 0) is 9.22 Å². The highest BCUT2D eigenvalue weighted by Gasteiger charge is 2.24. The van der Waals surface area contributed by atoms with Gasteiger partial charge in [0.15, 0.2) is 0 Å². The molecule has 0 unspecified atom stereocenters. The van der Waals surface area contributed by atoms with Gasteiger partial charge in [-0.2, -0.15) is 0 Å². The first-order valence-corrected chi connectivity index (χ1v) is 10.3. The fraction of sp³-hybridized carbons (Fsp3) is 0.929. The van der Waals surface area contributed by atoms with Gasteiger partial charge in [-0.15, -0.1) is 0 Å². The molecule has 102 valence electrons. The van der Waals surface area contributed by atoms with Gasteiger partial charge in [0.25, 0.3) is 5.97 Å². The van der Waals surface area contributed by atoms with Crippen LogP contribution >= 0.6 is 0 Å². The van der Waals surface area contributed by atoms with Crippen LogP contribution < -0.4 is 0 Å². The third kappa shape index (κ3) is 11.9. The average Bonchev–Trinajstić information content (AvgIpc) is 2.20. The Hall–Kier alpha value is -0.313. The number of hydrogen-bond donors (Lipinski definition) is 0. The predicted molar refractivity (Wildman–Crippen MR) is 76.7 cm³/mol. The summed E-state index contributed by atoms with van der Waals surface area (Å²) in [6, 6.07) is 1.11. The van der Waals surface area contributed by atoms with E-state index in [9.17, 15) is 4.79 Å². The van der Waals surface area contributed by atoms with Crippen molar-refractivity contribution in [3.63, 3.8) is 0 Å². The molecule has 0 amide bonds. The molecular weight excluding hydrogens is 228 g/mol. The summed E-state index contributed by atoms with van der Waals surface area (Å²) in [7, 11) is -1.70. The van der Waals surface area contributed by atoms with Crippen molar-refractivity contribution in [3.8, 4) is 0 Å². The van der Waals surface area contributed by atoms with E-state index >= 15 is 0 Å². The van der Waals surface area contributed by atoms with Crippen LogP contribution in [0, 0.1) is 0 Å². The van der Waals surface area contributed by atoms with Gasteiger partial charge in [-0.3, -0.25) is 4.79 Å². The molecule has 17 heavy (non-hydrogen) atoms. The second-order valence-corrected chi connectivity index (χ2v) is 9.80. The second kappa shape index (κ2) is 9.69. The molecule has 0 bridgehead atoms. The fourth-order valence-electron chi connectivity index (χ4n) is 2.12. The first-order valence-electron chi connectivity index (χ1n) is 7.17. The molecule has 0 saturated heterocycles. The minimum atomic E-state index is -1.70. The van der Waals surface area contributed by atoms with Crippen LogP contribution in [0.3, 0.4) is 0 Å². The summed E-state index contributed by atoms with van der Waals surface area (Å²) in [5.74, 6) is -0.110. The molecule has 0 saturated carbocycles. The molecule has 2 nitrogen and oxygen atoms in total. The monoisotopic (exact) mass is 258 g/mol. The highest BCUT2D eigenvalue weighted by atomic mass is 28.4. The van der Waals surface area contributed by atoms with E-state index in [1.807, 2.05) is 0 Å². The van der Waals surface area contributed by atoms with Crippen LogP contribution in [-0.4, -0.2) is 14.3 Å². The molecule has 0 aliphatic carbocycles. The first-order chi connectivity index (χ1) is 7.98. The third-order valence-corrected chi connectivity index (χ3v) is 5.45. The molecule has 0 N–H and O–H groups in total. The first kappa shape index (κ1) is 16.7. The van der Waals surface area contributed by atoms with Gasteiger partial charge in [-0.25, -0.2) is 0 Å². The lowest BCUT2D eigenvalue weighted by Crippen LogP contribution is -2.32. The molecule has 0 heterocycles. The number of carbonyl (C=O) groups excluding carboxylic acids is 1. The highest BCUT2D eigenvalue weighted by molar-refractivity contribution is 6.72. The molecule has 0 aliphatic rings. The van der Waals surface area contributed by atoms with Gasteiger partial charge in [0.1, 0.15) is 0 Å². The van der Waals surface area contributed by atoms with Gasteiger partial charge in [0.05, 0.1) is 0 Å². The average molecular weight is 258 g/mol. The third-order valence-electron chi connectivity index (χ3n) is 3.05. The summed E-state index contributed by atoms with van der Waals surface area (Å²) in [6.45, 7) is 8.04. The highest BCUT2D eigenvalue weighted by Crippen LogP contribution is 2.17. The molecule has 3 heteroatoms. The van der Waals surface area contributed by atoms with E-state index < -0.39 is 8.32 Å². The van der Waals surface area contributed by atoms with Gasteiger partial charge in [-0.1, -0.05) is 58.3 Å². The lowest BCUT2D eigenvalue weighted by molar-refractivity contribution is -0.132.